The van der Waals surface area contributed by atoms with E-state index in [1.165, 1.54) is 0 Å². The zero-order valence-electron chi connectivity index (χ0n) is 10.1. The molecule has 1 atom stereocenters. The Hall–Kier alpha value is -1.12. The normalized spacial score (nSPS) is 14.4. The van der Waals surface area contributed by atoms with Crippen molar-refractivity contribution in [3.63, 3.8) is 0 Å². The summed E-state index contributed by atoms with van der Waals surface area (Å²) in [5.74, 6) is 0. The van der Waals surface area contributed by atoms with Crippen molar-refractivity contribution < 1.29 is 26.7 Å². The molecule has 0 fully saturated rings. The SMILES string of the molecule is CCC(CO)NS(=O)(=O)c1ccc(C(F)(F)F)cc1. The summed E-state index contributed by atoms with van der Waals surface area (Å²) in [5, 5.41) is 8.91. The van der Waals surface area contributed by atoms with Gasteiger partial charge in [-0.1, -0.05) is 6.92 Å². The first-order valence-corrected chi connectivity index (χ1v) is 6.99. The van der Waals surface area contributed by atoms with Gasteiger partial charge in [0.15, 0.2) is 0 Å². The molecule has 2 N–H and O–H groups in total. The Bertz CT molecular complexity index is 507. The van der Waals surface area contributed by atoms with Crippen molar-refractivity contribution in [3.8, 4) is 0 Å². The number of hydrogen-bond donors (Lipinski definition) is 2. The van der Waals surface area contributed by atoms with E-state index in [1.807, 2.05) is 0 Å². The number of rotatable bonds is 5. The van der Waals surface area contributed by atoms with Crippen molar-refractivity contribution in [2.75, 3.05) is 6.61 Å². The molecule has 1 aromatic rings. The molecule has 0 amide bonds. The predicted molar refractivity (Wildman–Crippen MR) is 62.9 cm³/mol. The molecule has 0 aromatic heterocycles. The molecular weight excluding hydrogens is 283 g/mol. The Balaban J connectivity index is 2.97. The van der Waals surface area contributed by atoms with Gasteiger partial charge in [-0.2, -0.15) is 13.2 Å². The minimum absolute atomic E-state index is 0.271. The van der Waals surface area contributed by atoms with Crippen LogP contribution in [0.5, 0.6) is 0 Å². The van der Waals surface area contributed by atoms with E-state index in [1.54, 1.807) is 6.92 Å². The third kappa shape index (κ3) is 4.19. The molecule has 0 aliphatic heterocycles. The predicted octanol–water partition coefficient (Wildman–Crippen LogP) is 1.75. The molecule has 8 heteroatoms. The number of aliphatic hydroxyl groups is 1. The summed E-state index contributed by atoms with van der Waals surface area (Å²) in [6.45, 7) is 1.30. The van der Waals surface area contributed by atoms with Crippen LogP contribution in [0.15, 0.2) is 29.2 Å². The molecular formula is C11H14F3NO3S. The molecule has 19 heavy (non-hydrogen) atoms. The van der Waals surface area contributed by atoms with Crippen molar-refractivity contribution in [3.05, 3.63) is 29.8 Å². The highest BCUT2D eigenvalue weighted by molar-refractivity contribution is 7.89. The summed E-state index contributed by atoms with van der Waals surface area (Å²) in [5.41, 5.74) is -0.916. The second kappa shape index (κ2) is 5.89. The van der Waals surface area contributed by atoms with Gasteiger partial charge in [-0.25, -0.2) is 13.1 Å². The molecule has 0 heterocycles. The van der Waals surface area contributed by atoms with E-state index in [4.69, 9.17) is 5.11 Å². The fourth-order valence-electron chi connectivity index (χ4n) is 1.36. The van der Waals surface area contributed by atoms with Gasteiger partial charge in [-0.05, 0) is 30.7 Å². The van der Waals surface area contributed by atoms with Gasteiger partial charge in [-0.15, -0.1) is 0 Å². The fraction of sp³-hybridized carbons (Fsp3) is 0.455. The van der Waals surface area contributed by atoms with Crippen LogP contribution < -0.4 is 4.72 Å². The van der Waals surface area contributed by atoms with Gasteiger partial charge in [0.25, 0.3) is 0 Å². The lowest BCUT2D eigenvalue weighted by atomic mass is 10.2. The first kappa shape index (κ1) is 15.9. The minimum atomic E-state index is -4.51. The van der Waals surface area contributed by atoms with Gasteiger partial charge >= 0.3 is 6.18 Å². The average Bonchev–Trinajstić information content (AvgIpc) is 2.35. The summed E-state index contributed by atoms with van der Waals surface area (Å²) in [7, 11) is -3.92. The molecule has 0 spiro atoms. The Morgan fingerprint density at radius 2 is 1.79 bits per heavy atom. The van der Waals surface area contributed by atoms with Crippen LogP contribution in [0.3, 0.4) is 0 Å². The van der Waals surface area contributed by atoms with Gasteiger partial charge in [0, 0.05) is 6.04 Å². The van der Waals surface area contributed by atoms with Crippen LogP contribution in [0.2, 0.25) is 0 Å². The molecule has 0 saturated heterocycles. The molecule has 0 aliphatic carbocycles. The number of benzene rings is 1. The summed E-state index contributed by atoms with van der Waals surface area (Å²) in [6.07, 6.45) is -4.14. The van der Waals surface area contributed by atoms with E-state index in [0.29, 0.717) is 18.6 Å². The van der Waals surface area contributed by atoms with E-state index in [9.17, 15) is 21.6 Å². The van der Waals surface area contributed by atoms with E-state index < -0.39 is 27.8 Å². The Morgan fingerprint density at radius 1 is 1.26 bits per heavy atom. The van der Waals surface area contributed by atoms with Crippen molar-refractivity contribution in [2.45, 2.75) is 30.5 Å². The number of hydrogen-bond acceptors (Lipinski definition) is 3. The quantitative estimate of drug-likeness (QED) is 0.870. The maximum Gasteiger partial charge on any atom is 0.416 e. The first-order chi connectivity index (χ1) is 8.70. The van der Waals surface area contributed by atoms with Crippen LogP contribution in [-0.2, 0) is 16.2 Å². The highest BCUT2D eigenvalue weighted by atomic mass is 32.2. The molecule has 4 nitrogen and oxygen atoms in total. The third-order valence-corrected chi connectivity index (χ3v) is 4.06. The zero-order valence-corrected chi connectivity index (χ0v) is 10.9. The first-order valence-electron chi connectivity index (χ1n) is 5.51. The molecule has 0 radical (unpaired) electrons. The largest absolute Gasteiger partial charge is 0.416 e. The van der Waals surface area contributed by atoms with Crippen LogP contribution in [0.4, 0.5) is 13.2 Å². The summed E-state index contributed by atoms with van der Waals surface area (Å²) in [4.78, 5) is -0.271. The van der Waals surface area contributed by atoms with Crippen LogP contribution in [-0.4, -0.2) is 26.2 Å². The lowest BCUT2D eigenvalue weighted by Gasteiger charge is -2.14. The summed E-state index contributed by atoms with van der Waals surface area (Å²) >= 11 is 0. The van der Waals surface area contributed by atoms with E-state index in [-0.39, 0.29) is 11.5 Å². The molecule has 108 valence electrons. The molecule has 1 rings (SSSR count). The molecule has 0 bridgehead atoms. The Labute approximate surface area is 109 Å². The van der Waals surface area contributed by atoms with E-state index >= 15 is 0 Å². The van der Waals surface area contributed by atoms with Crippen molar-refractivity contribution >= 4 is 10.0 Å². The standard InChI is InChI=1S/C11H14F3NO3S/c1-2-9(7-16)15-19(17,18)10-5-3-8(4-6-10)11(12,13)14/h3-6,9,15-16H,2,7H2,1H3. The third-order valence-electron chi connectivity index (χ3n) is 2.53. The van der Waals surface area contributed by atoms with Crippen LogP contribution in [0.25, 0.3) is 0 Å². The number of nitrogens with one attached hydrogen (secondary N) is 1. The zero-order chi connectivity index (χ0) is 14.7. The molecule has 1 unspecified atom stereocenters. The van der Waals surface area contributed by atoms with Crippen LogP contribution in [0, 0.1) is 0 Å². The summed E-state index contributed by atoms with van der Waals surface area (Å²) < 4.78 is 62.9. The molecule has 0 saturated carbocycles. The van der Waals surface area contributed by atoms with E-state index in [2.05, 4.69) is 4.72 Å². The maximum atomic E-state index is 12.3. The lowest BCUT2D eigenvalue weighted by molar-refractivity contribution is -0.137. The van der Waals surface area contributed by atoms with Crippen molar-refractivity contribution in [2.24, 2.45) is 0 Å². The second-order valence-corrected chi connectivity index (χ2v) is 5.65. The number of alkyl halides is 3. The van der Waals surface area contributed by atoms with Gasteiger partial charge < -0.3 is 5.11 Å². The maximum absolute atomic E-state index is 12.3. The smallest absolute Gasteiger partial charge is 0.395 e. The highest BCUT2D eigenvalue weighted by Gasteiger charge is 2.30. The topological polar surface area (TPSA) is 66.4 Å². The summed E-state index contributed by atoms with van der Waals surface area (Å²) in [6, 6.07) is 2.51. The second-order valence-electron chi connectivity index (χ2n) is 3.93. The Kier molecular flexibility index (Phi) is 4.94. The minimum Gasteiger partial charge on any atom is -0.395 e. The van der Waals surface area contributed by atoms with Gasteiger partial charge in [-0.3, -0.25) is 0 Å². The Morgan fingerprint density at radius 3 is 2.16 bits per heavy atom. The van der Waals surface area contributed by atoms with E-state index in [0.717, 1.165) is 12.1 Å². The van der Waals surface area contributed by atoms with Gasteiger partial charge in [0.2, 0.25) is 10.0 Å². The van der Waals surface area contributed by atoms with Gasteiger partial charge in [0.1, 0.15) is 0 Å². The van der Waals surface area contributed by atoms with Gasteiger partial charge in [0.05, 0.1) is 17.1 Å². The molecule has 1 aromatic carbocycles. The van der Waals surface area contributed by atoms with Crippen LogP contribution >= 0.6 is 0 Å². The highest BCUT2D eigenvalue weighted by Crippen LogP contribution is 2.29. The lowest BCUT2D eigenvalue weighted by Crippen LogP contribution is -2.36. The van der Waals surface area contributed by atoms with Crippen molar-refractivity contribution in [1.29, 1.82) is 0 Å². The van der Waals surface area contributed by atoms with Crippen molar-refractivity contribution in [1.82, 2.24) is 4.72 Å². The fourth-order valence-corrected chi connectivity index (χ4v) is 2.67. The van der Waals surface area contributed by atoms with Crippen LogP contribution in [0.1, 0.15) is 18.9 Å². The molecule has 0 aliphatic rings. The average molecular weight is 297 g/mol. The number of halogens is 3. The number of sulfonamides is 1. The number of aliphatic hydroxyl groups excluding tert-OH is 1. The monoisotopic (exact) mass is 297 g/mol.